The largest absolute Gasteiger partial charge is 0.355 e. The quantitative estimate of drug-likeness (QED) is 0.629. The summed E-state index contributed by atoms with van der Waals surface area (Å²) in [5.74, 6) is 0.920. The van der Waals surface area contributed by atoms with E-state index >= 15 is 0 Å². The molecule has 0 aliphatic heterocycles. The summed E-state index contributed by atoms with van der Waals surface area (Å²) in [6.07, 6.45) is 3.51. The number of hydrogen-bond acceptors (Lipinski definition) is 4. The van der Waals surface area contributed by atoms with Crippen LogP contribution in [0.2, 0.25) is 0 Å². The molecule has 5 nitrogen and oxygen atoms in total. The molecule has 6 heteroatoms. The number of hydrogen-bond donors (Lipinski definition) is 1. The van der Waals surface area contributed by atoms with Gasteiger partial charge in [-0.05, 0) is 37.1 Å². The Morgan fingerprint density at radius 3 is 2.90 bits per heavy atom. The number of rotatable bonds is 7. The van der Waals surface area contributed by atoms with Crippen LogP contribution in [-0.4, -0.2) is 33.0 Å². The van der Waals surface area contributed by atoms with E-state index in [0.29, 0.717) is 19.5 Å². The Morgan fingerprint density at radius 2 is 2.19 bits per heavy atom. The number of aromatic nitrogens is 3. The summed E-state index contributed by atoms with van der Waals surface area (Å²) in [7, 11) is 0. The molecule has 0 fully saturated rings. The average molecular weight is 304 g/mol. The van der Waals surface area contributed by atoms with Crippen LogP contribution in [0.3, 0.4) is 0 Å². The zero-order valence-electron chi connectivity index (χ0n) is 12.4. The van der Waals surface area contributed by atoms with E-state index in [2.05, 4.69) is 47.4 Å². The number of thioether (sulfide) groups is 1. The lowest BCUT2D eigenvalue weighted by Gasteiger charge is -2.07. The topological polar surface area (TPSA) is 59.8 Å². The molecule has 0 aliphatic carbocycles. The second-order valence-corrected chi connectivity index (χ2v) is 6.02. The van der Waals surface area contributed by atoms with Gasteiger partial charge < -0.3 is 5.32 Å². The summed E-state index contributed by atoms with van der Waals surface area (Å²) < 4.78 is 1.66. The predicted molar refractivity (Wildman–Crippen MR) is 84.3 cm³/mol. The molecule has 0 saturated carbocycles. The van der Waals surface area contributed by atoms with Crippen molar-refractivity contribution in [2.24, 2.45) is 0 Å². The van der Waals surface area contributed by atoms with Crippen molar-refractivity contribution < 1.29 is 4.79 Å². The molecule has 0 radical (unpaired) electrons. The normalized spacial score (nSPS) is 10.6. The number of benzene rings is 1. The van der Waals surface area contributed by atoms with E-state index in [1.54, 1.807) is 22.8 Å². The van der Waals surface area contributed by atoms with E-state index in [-0.39, 0.29) is 5.91 Å². The summed E-state index contributed by atoms with van der Waals surface area (Å²) >= 11 is 1.76. The van der Waals surface area contributed by atoms with Gasteiger partial charge in [-0.15, -0.1) is 11.8 Å². The van der Waals surface area contributed by atoms with E-state index in [4.69, 9.17) is 0 Å². The summed E-state index contributed by atoms with van der Waals surface area (Å²) in [5, 5.41) is 6.88. The van der Waals surface area contributed by atoms with Gasteiger partial charge in [0.25, 0.3) is 0 Å². The van der Waals surface area contributed by atoms with E-state index in [9.17, 15) is 4.79 Å². The summed E-state index contributed by atoms with van der Waals surface area (Å²) in [5.41, 5.74) is 2.61. The maximum absolute atomic E-state index is 11.7. The molecule has 1 N–H and O–H groups in total. The molecule has 21 heavy (non-hydrogen) atoms. The van der Waals surface area contributed by atoms with Gasteiger partial charge in [-0.2, -0.15) is 5.10 Å². The summed E-state index contributed by atoms with van der Waals surface area (Å²) in [4.78, 5) is 16.8. The first-order valence-electron chi connectivity index (χ1n) is 6.94. The van der Waals surface area contributed by atoms with Crippen LogP contribution < -0.4 is 5.32 Å². The second kappa shape index (κ2) is 7.83. The molecule has 1 heterocycles. The Hall–Kier alpha value is -1.82. The Kier molecular flexibility index (Phi) is 5.80. The molecule has 0 aliphatic rings. The monoisotopic (exact) mass is 304 g/mol. The van der Waals surface area contributed by atoms with Crippen LogP contribution in [0.25, 0.3) is 0 Å². The van der Waals surface area contributed by atoms with Crippen LogP contribution in [0.1, 0.15) is 17.5 Å². The molecule has 0 bridgehead atoms. The van der Waals surface area contributed by atoms with Crippen LogP contribution in [0.5, 0.6) is 0 Å². The fraction of sp³-hybridized carbons (Fsp3) is 0.400. The van der Waals surface area contributed by atoms with Crippen LogP contribution in [0.15, 0.2) is 35.7 Å². The minimum absolute atomic E-state index is 0.0474. The van der Waals surface area contributed by atoms with Crippen LogP contribution in [-0.2, 0) is 11.3 Å². The first kappa shape index (κ1) is 15.6. The van der Waals surface area contributed by atoms with Crippen molar-refractivity contribution >= 4 is 17.7 Å². The molecule has 0 unspecified atom stereocenters. The molecule has 2 aromatic rings. The lowest BCUT2D eigenvalue weighted by Crippen LogP contribution is -2.26. The number of aryl methyl sites for hydroxylation is 3. The van der Waals surface area contributed by atoms with Crippen molar-refractivity contribution in [2.45, 2.75) is 31.7 Å². The highest BCUT2D eigenvalue weighted by Crippen LogP contribution is 2.20. The Labute approximate surface area is 129 Å². The van der Waals surface area contributed by atoms with Gasteiger partial charge in [-0.25, -0.2) is 4.98 Å². The fourth-order valence-electron chi connectivity index (χ4n) is 1.82. The molecule has 1 amide bonds. The van der Waals surface area contributed by atoms with Crippen molar-refractivity contribution in [3.63, 3.8) is 0 Å². The highest BCUT2D eigenvalue weighted by atomic mass is 32.2. The Morgan fingerprint density at radius 1 is 1.33 bits per heavy atom. The molecule has 0 atom stereocenters. The number of carbonyl (C=O) groups excluding carboxylic acids is 1. The maximum atomic E-state index is 11.7. The van der Waals surface area contributed by atoms with Crippen LogP contribution >= 0.6 is 11.8 Å². The van der Waals surface area contributed by atoms with E-state index < -0.39 is 0 Å². The van der Waals surface area contributed by atoms with Crippen LogP contribution in [0.4, 0.5) is 0 Å². The van der Waals surface area contributed by atoms with Gasteiger partial charge in [-0.1, -0.05) is 6.07 Å². The zero-order valence-corrected chi connectivity index (χ0v) is 13.2. The molecule has 0 spiro atoms. The molecular formula is C15H20N4OS. The zero-order chi connectivity index (χ0) is 15.1. The van der Waals surface area contributed by atoms with Crippen molar-refractivity contribution in [3.05, 3.63) is 42.0 Å². The van der Waals surface area contributed by atoms with Crippen molar-refractivity contribution in [2.75, 3.05) is 12.3 Å². The average Bonchev–Trinajstić information content (AvgIpc) is 2.98. The number of amides is 1. The van der Waals surface area contributed by atoms with Gasteiger partial charge in [0, 0.05) is 23.6 Å². The highest BCUT2D eigenvalue weighted by Gasteiger charge is 2.02. The Balaban J connectivity index is 1.62. The second-order valence-electron chi connectivity index (χ2n) is 4.85. The standard InChI is InChI=1S/C15H20N4OS/c1-12-3-4-14(9-13(12)2)21-8-6-17-15(20)5-7-19-11-16-10-18-19/h3-4,9-11H,5-8H2,1-2H3,(H,17,20). The third-order valence-corrected chi connectivity index (χ3v) is 4.20. The summed E-state index contributed by atoms with van der Waals surface area (Å²) in [6, 6.07) is 6.44. The van der Waals surface area contributed by atoms with Crippen molar-refractivity contribution in [3.8, 4) is 0 Å². The number of nitrogens with zero attached hydrogens (tertiary/aromatic N) is 3. The third kappa shape index (κ3) is 5.23. The third-order valence-electron chi connectivity index (χ3n) is 3.21. The van der Waals surface area contributed by atoms with E-state index in [0.717, 1.165) is 5.75 Å². The van der Waals surface area contributed by atoms with Crippen molar-refractivity contribution in [1.29, 1.82) is 0 Å². The fourth-order valence-corrected chi connectivity index (χ4v) is 2.68. The van der Waals surface area contributed by atoms with Gasteiger partial charge in [0.1, 0.15) is 12.7 Å². The van der Waals surface area contributed by atoms with Gasteiger partial charge in [0.2, 0.25) is 5.91 Å². The molecule has 1 aromatic carbocycles. The number of carbonyl (C=O) groups is 1. The molecule has 112 valence electrons. The smallest absolute Gasteiger partial charge is 0.221 e. The predicted octanol–water partition coefficient (Wildman–Crippen LogP) is 2.19. The highest BCUT2D eigenvalue weighted by molar-refractivity contribution is 7.99. The van der Waals surface area contributed by atoms with E-state index in [1.165, 1.54) is 22.3 Å². The number of nitrogens with one attached hydrogen (secondary N) is 1. The lowest BCUT2D eigenvalue weighted by molar-refractivity contribution is -0.121. The summed E-state index contributed by atoms with van der Waals surface area (Å²) in [6.45, 7) is 5.47. The minimum Gasteiger partial charge on any atom is -0.355 e. The maximum Gasteiger partial charge on any atom is 0.221 e. The first-order chi connectivity index (χ1) is 10.1. The molecule has 1 aromatic heterocycles. The molecule has 0 saturated heterocycles. The van der Waals surface area contributed by atoms with Crippen molar-refractivity contribution in [1.82, 2.24) is 20.1 Å². The van der Waals surface area contributed by atoms with Gasteiger partial charge in [0.05, 0.1) is 6.54 Å². The van der Waals surface area contributed by atoms with Gasteiger partial charge in [-0.3, -0.25) is 9.48 Å². The molecule has 2 rings (SSSR count). The SMILES string of the molecule is Cc1ccc(SCCNC(=O)CCn2cncn2)cc1C. The van der Waals surface area contributed by atoms with Gasteiger partial charge in [0.15, 0.2) is 0 Å². The Bertz CT molecular complexity index is 583. The van der Waals surface area contributed by atoms with Gasteiger partial charge >= 0.3 is 0 Å². The van der Waals surface area contributed by atoms with Crippen LogP contribution in [0, 0.1) is 13.8 Å². The minimum atomic E-state index is 0.0474. The van der Waals surface area contributed by atoms with E-state index in [1.807, 2.05) is 0 Å². The lowest BCUT2D eigenvalue weighted by atomic mass is 10.1. The molecular weight excluding hydrogens is 284 g/mol. The first-order valence-corrected chi connectivity index (χ1v) is 7.93.